The van der Waals surface area contributed by atoms with E-state index < -0.39 is 0 Å². The van der Waals surface area contributed by atoms with Crippen LogP contribution in [-0.2, 0) is 11.3 Å². The molecule has 0 spiro atoms. The molecule has 1 heterocycles. The van der Waals surface area contributed by atoms with Gasteiger partial charge in [-0.25, -0.2) is 0 Å². The van der Waals surface area contributed by atoms with Gasteiger partial charge in [0, 0.05) is 23.6 Å². The number of rotatable bonds is 4. The van der Waals surface area contributed by atoms with Gasteiger partial charge in [0.25, 0.3) is 0 Å². The number of benzene rings is 1. The van der Waals surface area contributed by atoms with Crippen LogP contribution in [0.15, 0.2) is 28.8 Å². The van der Waals surface area contributed by atoms with Crippen LogP contribution in [0.1, 0.15) is 18.7 Å². The molecule has 1 amide bonds. The van der Waals surface area contributed by atoms with E-state index in [9.17, 15) is 4.79 Å². The molecule has 0 radical (unpaired) electrons. The number of carbonyl (C=O) groups excluding carboxylic acids is 1. The largest absolute Gasteiger partial charge is 0.337 e. The molecule has 1 aromatic carbocycles. The van der Waals surface area contributed by atoms with Crippen LogP contribution in [0.25, 0.3) is 11.4 Å². The van der Waals surface area contributed by atoms with E-state index in [-0.39, 0.29) is 11.8 Å². The van der Waals surface area contributed by atoms with E-state index in [4.69, 9.17) is 16.1 Å². The molecular formula is C14H14ClN3O2. The zero-order chi connectivity index (χ0) is 14.1. The van der Waals surface area contributed by atoms with Crippen molar-refractivity contribution in [3.63, 3.8) is 0 Å². The maximum Gasteiger partial charge on any atom is 0.246 e. The van der Waals surface area contributed by atoms with Crippen LogP contribution < -0.4 is 0 Å². The number of aromatic nitrogens is 2. The van der Waals surface area contributed by atoms with Crippen LogP contribution in [-0.4, -0.2) is 28.0 Å². The highest BCUT2D eigenvalue weighted by Crippen LogP contribution is 2.31. The molecule has 6 heteroatoms. The molecule has 5 nitrogen and oxygen atoms in total. The second-order valence-electron chi connectivity index (χ2n) is 4.99. The van der Waals surface area contributed by atoms with E-state index in [2.05, 4.69) is 10.1 Å². The lowest BCUT2D eigenvalue weighted by Gasteiger charge is -2.13. The molecule has 104 valence electrons. The molecule has 3 rings (SSSR count). The topological polar surface area (TPSA) is 59.2 Å². The van der Waals surface area contributed by atoms with Gasteiger partial charge < -0.3 is 9.42 Å². The summed E-state index contributed by atoms with van der Waals surface area (Å²) in [7, 11) is 1.76. The molecule has 1 saturated carbocycles. The monoisotopic (exact) mass is 291 g/mol. The normalized spacial score (nSPS) is 14.3. The first-order chi connectivity index (χ1) is 9.63. The van der Waals surface area contributed by atoms with Crippen molar-refractivity contribution in [2.24, 2.45) is 5.92 Å². The number of amides is 1. The summed E-state index contributed by atoms with van der Waals surface area (Å²) >= 11 is 5.84. The van der Waals surface area contributed by atoms with Gasteiger partial charge in [-0.05, 0) is 37.1 Å². The van der Waals surface area contributed by atoms with Gasteiger partial charge in [-0.15, -0.1) is 0 Å². The van der Waals surface area contributed by atoms with Crippen molar-refractivity contribution in [1.29, 1.82) is 0 Å². The van der Waals surface area contributed by atoms with Crippen molar-refractivity contribution < 1.29 is 9.32 Å². The fourth-order valence-corrected chi connectivity index (χ4v) is 2.08. The van der Waals surface area contributed by atoms with Gasteiger partial charge in [-0.1, -0.05) is 16.8 Å². The highest BCUT2D eigenvalue weighted by atomic mass is 35.5. The molecular weight excluding hydrogens is 278 g/mol. The van der Waals surface area contributed by atoms with Gasteiger partial charge in [-0.2, -0.15) is 4.98 Å². The van der Waals surface area contributed by atoms with Gasteiger partial charge in [-0.3, -0.25) is 4.79 Å². The molecule has 0 N–H and O–H groups in total. The number of hydrogen-bond donors (Lipinski definition) is 0. The number of halogens is 1. The van der Waals surface area contributed by atoms with Crippen molar-refractivity contribution in [2.75, 3.05) is 7.05 Å². The molecule has 0 saturated heterocycles. The summed E-state index contributed by atoms with van der Waals surface area (Å²) in [5.41, 5.74) is 0.834. The first-order valence-corrected chi connectivity index (χ1v) is 6.85. The van der Waals surface area contributed by atoms with Gasteiger partial charge in [0.1, 0.15) is 0 Å². The molecule has 0 unspecified atom stereocenters. The lowest BCUT2D eigenvalue weighted by molar-refractivity contribution is -0.132. The van der Waals surface area contributed by atoms with E-state index in [0.717, 1.165) is 18.4 Å². The molecule has 0 atom stereocenters. The molecule has 0 aliphatic heterocycles. The zero-order valence-electron chi connectivity index (χ0n) is 11.0. The van der Waals surface area contributed by atoms with E-state index in [1.807, 2.05) is 12.1 Å². The smallest absolute Gasteiger partial charge is 0.246 e. The Bertz CT molecular complexity index is 620. The quantitative estimate of drug-likeness (QED) is 0.869. The number of hydrogen-bond acceptors (Lipinski definition) is 4. The first kappa shape index (κ1) is 13.1. The first-order valence-electron chi connectivity index (χ1n) is 6.47. The third kappa shape index (κ3) is 2.82. The third-order valence-corrected chi connectivity index (χ3v) is 3.50. The second-order valence-corrected chi connectivity index (χ2v) is 5.42. The zero-order valence-corrected chi connectivity index (χ0v) is 11.8. The number of nitrogens with zero attached hydrogens (tertiary/aromatic N) is 3. The van der Waals surface area contributed by atoms with Crippen LogP contribution in [0.2, 0.25) is 5.02 Å². The summed E-state index contributed by atoms with van der Waals surface area (Å²) in [6.07, 6.45) is 1.98. The fourth-order valence-electron chi connectivity index (χ4n) is 1.96. The van der Waals surface area contributed by atoms with E-state index in [1.165, 1.54) is 0 Å². The summed E-state index contributed by atoms with van der Waals surface area (Å²) in [5, 5.41) is 4.58. The standard InChI is InChI=1S/C14H14ClN3O2/c1-18(14(19)10-2-3-10)8-12-16-13(17-20-12)9-4-6-11(15)7-5-9/h4-7,10H,2-3,8H2,1H3. The SMILES string of the molecule is CN(Cc1nc(-c2ccc(Cl)cc2)no1)C(=O)C1CC1. The van der Waals surface area contributed by atoms with Crippen molar-refractivity contribution in [3.05, 3.63) is 35.2 Å². The summed E-state index contributed by atoms with van der Waals surface area (Å²) in [4.78, 5) is 17.8. The lowest BCUT2D eigenvalue weighted by Crippen LogP contribution is -2.27. The predicted molar refractivity (Wildman–Crippen MR) is 73.9 cm³/mol. The Morgan fingerprint density at radius 1 is 1.40 bits per heavy atom. The maximum atomic E-state index is 11.8. The van der Waals surface area contributed by atoms with Crippen molar-refractivity contribution >= 4 is 17.5 Å². The van der Waals surface area contributed by atoms with Crippen LogP contribution in [0, 0.1) is 5.92 Å². The Hall–Kier alpha value is -1.88. The minimum absolute atomic E-state index is 0.149. The number of carbonyl (C=O) groups is 1. The van der Waals surface area contributed by atoms with Crippen LogP contribution in [0.5, 0.6) is 0 Å². The highest BCUT2D eigenvalue weighted by Gasteiger charge is 2.32. The Morgan fingerprint density at radius 3 is 2.75 bits per heavy atom. The molecule has 1 aromatic heterocycles. The van der Waals surface area contributed by atoms with E-state index in [0.29, 0.717) is 23.3 Å². The third-order valence-electron chi connectivity index (χ3n) is 3.25. The van der Waals surface area contributed by atoms with Crippen LogP contribution in [0.3, 0.4) is 0 Å². The average Bonchev–Trinajstić information content (AvgIpc) is 3.19. The molecule has 2 aromatic rings. The highest BCUT2D eigenvalue weighted by molar-refractivity contribution is 6.30. The summed E-state index contributed by atoms with van der Waals surface area (Å²) < 4.78 is 5.18. The maximum absolute atomic E-state index is 11.8. The predicted octanol–water partition coefficient (Wildman–Crippen LogP) is 2.76. The minimum atomic E-state index is 0.149. The Balaban J connectivity index is 1.70. The molecule has 1 aliphatic rings. The van der Waals surface area contributed by atoms with E-state index >= 15 is 0 Å². The van der Waals surface area contributed by atoms with E-state index in [1.54, 1.807) is 24.1 Å². The van der Waals surface area contributed by atoms with Crippen LogP contribution in [0.4, 0.5) is 0 Å². The van der Waals surface area contributed by atoms with Gasteiger partial charge >= 0.3 is 0 Å². The second kappa shape index (κ2) is 5.25. The molecule has 1 fully saturated rings. The summed E-state index contributed by atoms with van der Waals surface area (Å²) in [5.74, 6) is 1.28. The lowest BCUT2D eigenvalue weighted by atomic mass is 10.2. The summed E-state index contributed by atoms with van der Waals surface area (Å²) in [6, 6.07) is 7.21. The van der Waals surface area contributed by atoms with Crippen molar-refractivity contribution in [3.8, 4) is 11.4 Å². The Labute approximate surface area is 121 Å². The molecule has 1 aliphatic carbocycles. The van der Waals surface area contributed by atoms with Crippen molar-refractivity contribution in [2.45, 2.75) is 19.4 Å². The molecule has 20 heavy (non-hydrogen) atoms. The fraction of sp³-hybridized carbons (Fsp3) is 0.357. The van der Waals surface area contributed by atoms with Gasteiger partial charge in [0.05, 0.1) is 6.54 Å². The van der Waals surface area contributed by atoms with Gasteiger partial charge in [0.15, 0.2) is 0 Å². The summed E-state index contributed by atoms with van der Waals surface area (Å²) in [6.45, 7) is 0.343. The Kier molecular flexibility index (Phi) is 3.44. The average molecular weight is 292 g/mol. The Morgan fingerprint density at radius 2 is 2.10 bits per heavy atom. The van der Waals surface area contributed by atoms with Crippen molar-refractivity contribution in [1.82, 2.24) is 15.0 Å². The molecule has 0 bridgehead atoms. The minimum Gasteiger partial charge on any atom is -0.337 e. The van der Waals surface area contributed by atoms with Crippen LogP contribution >= 0.6 is 11.6 Å². The van der Waals surface area contributed by atoms with Gasteiger partial charge in [0.2, 0.25) is 17.6 Å².